The predicted molar refractivity (Wildman–Crippen MR) is 67.3 cm³/mol. The number of aromatic nitrogens is 1. The van der Waals surface area contributed by atoms with Crippen molar-refractivity contribution in [3.8, 4) is 0 Å². The van der Waals surface area contributed by atoms with E-state index in [1.807, 2.05) is 0 Å². The number of hydrogen-bond acceptors (Lipinski definition) is 5. The predicted octanol–water partition coefficient (Wildman–Crippen LogP) is 0.549. The van der Waals surface area contributed by atoms with E-state index in [1.165, 1.54) is 6.07 Å². The lowest BCUT2D eigenvalue weighted by molar-refractivity contribution is -0.265. The van der Waals surface area contributed by atoms with Gasteiger partial charge in [-0.3, -0.25) is 9.88 Å². The van der Waals surface area contributed by atoms with Crippen LogP contribution in [0, 0.1) is 0 Å². The summed E-state index contributed by atoms with van der Waals surface area (Å²) in [5, 5.41) is 13.8. The van der Waals surface area contributed by atoms with Gasteiger partial charge in [-0.05, 0) is 12.1 Å². The molecule has 3 rings (SSSR count). The average molecular weight is 303 g/mol. The molecule has 0 bridgehead atoms. The normalized spacial score (nSPS) is 31.0. The molecule has 0 saturated carbocycles. The number of piperazine rings is 1. The zero-order valence-electron chi connectivity index (χ0n) is 11.2. The first-order valence-corrected chi connectivity index (χ1v) is 6.73. The molecular formula is C13H16F3N3O2. The molecule has 5 nitrogen and oxygen atoms in total. The van der Waals surface area contributed by atoms with Crippen LogP contribution in [0.4, 0.5) is 13.2 Å². The van der Waals surface area contributed by atoms with Gasteiger partial charge < -0.3 is 15.2 Å². The summed E-state index contributed by atoms with van der Waals surface area (Å²) >= 11 is 0. The molecule has 2 N–H and O–H groups in total. The van der Waals surface area contributed by atoms with Gasteiger partial charge in [0.25, 0.3) is 0 Å². The Hall–Kier alpha value is -1.22. The Morgan fingerprint density at radius 1 is 1.43 bits per heavy atom. The number of ether oxygens (including phenoxy) is 1. The van der Waals surface area contributed by atoms with Gasteiger partial charge in [0.2, 0.25) is 5.79 Å². The lowest BCUT2D eigenvalue weighted by Gasteiger charge is -2.45. The molecule has 2 saturated heterocycles. The van der Waals surface area contributed by atoms with Crippen LogP contribution in [-0.4, -0.2) is 53.8 Å². The van der Waals surface area contributed by atoms with Crippen molar-refractivity contribution in [1.82, 2.24) is 15.2 Å². The number of halogens is 3. The monoisotopic (exact) mass is 303 g/mol. The van der Waals surface area contributed by atoms with Gasteiger partial charge >= 0.3 is 6.18 Å². The van der Waals surface area contributed by atoms with E-state index in [1.54, 1.807) is 0 Å². The Kier molecular flexibility index (Phi) is 3.64. The summed E-state index contributed by atoms with van der Waals surface area (Å²) in [5.74, 6) is -1.65. The summed E-state index contributed by atoms with van der Waals surface area (Å²) in [6.07, 6.45) is -3.72. The lowest BCUT2D eigenvalue weighted by atomic mass is 10.0. The van der Waals surface area contributed by atoms with Crippen molar-refractivity contribution in [3.63, 3.8) is 0 Å². The summed E-state index contributed by atoms with van der Waals surface area (Å²) in [6.45, 7) is 2.87. The molecule has 2 unspecified atom stereocenters. The topological polar surface area (TPSA) is 57.6 Å². The molecule has 1 aromatic rings. The fraction of sp³-hybridized carbons (Fsp3) is 0.615. The van der Waals surface area contributed by atoms with E-state index >= 15 is 0 Å². The van der Waals surface area contributed by atoms with Gasteiger partial charge in [0.05, 0.1) is 18.7 Å². The molecule has 2 aliphatic heterocycles. The molecule has 2 atom stereocenters. The smallest absolute Gasteiger partial charge is 0.360 e. The summed E-state index contributed by atoms with van der Waals surface area (Å²) in [7, 11) is 0. The number of aliphatic hydroxyl groups is 1. The summed E-state index contributed by atoms with van der Waals surface area (Å²) in [5.41, 5.74) is -0.738. The third kappa shape index (κ3) is 2.89. The van der Waals surface area contributed by atoms with Gasteiger partial charge in [-0.15, -0.1) is 0 Å². The molecule has 0 amide bonds. The van der Waals surface area contributed by atoms with Gasteiger partial charge in [0.15, 0.2) is 0 Å². The van der Waals surface area contributed by atoms with E-state index < -0.39 is 17.5 Å². The lowest BCUT2D eigenvalue weighted by Crippen LogP contribution is -2.62. The first-order chi connectivity index (χ1) is 9.88. The van der Waals surface area contributed by atoms with Crippen LogP contribution in [0.25, 0.3) is 0 Å². The molecule has 8 heteroatoms. The van der Waals surface area contributed by atoms with Crippen LogP contribution in [0.5, 0.6) is 0 Å². The second-order valence-electron chi connectivity index (χ2n) is 5.35. The molecule has 3 heterocycles. The quantitative estimate of drug-likeness (QED) is 0.793. The van der Waals surface area contributed by atoms with E-state index in [0.29, 0.717) is 6.61 Å². The molecule has 116 valence electrons. The number of pyridine rings is 1. The SMILES string of the molecule is OC1(c2ccc(C(F)(F)F)cn2)CN2CCNCC2CO1. The van der Waals surface area contributed by atoms with Crippen molar-refractivity contribution in [1.29, 1.82) is 0 Å². The van der Waals surface area contributed by atoms with Crippen molar-refractivity contribution < 1.29 is 23.0 Å². The Morgan fingerprint density at radius 3 is 2.90 bits per heavy atom. The first kappa shape index (κ1) is 14.7. The molecule has 0 radical (unpaired) electrons. The number of rotatable bonds is 1. The summed E-state index contributed by atoms with van der Waals surface area (Å²) in [6, 6.07) is 2.26. The largest absolute Gasteiger partial charge is 0.417 e. The van der Waals surface area contributed by atoms with Crippen molar-refractivity contribution in [2.75, 3.05) is 32.8 Å². The Morgan fingerprint density at radius 2 is 2.24 bits per heavy atom. The fourth-order valence-corrected chi connectivity index (χ4v) is 2.68. The number of nitrogens with zero attached hydrogens (tertiary/aromatic N) is 2. The maximum Gasteiger partial charge on any atom is 0.417 e. The highest BCUT2D eigenvalue weighted by molar-refractivity contribution is 5.20. The number of nitrogens with one attached hydrogen (secondary N) is 1. The highest BCUT2D eigenvalue weighted by Gasteiger charge is 2.42. The number of fused-ring (bicyclic) bond motifs is 1. The minimum absolute atomic E-state index is 0.104. The van der Waals surface area contributed by atoms with Gasteiger partial charge in [-0.1, -0.05) is 0 Å². The number of hydrogen-bond donors (Lipinski definition) is 2. The summed E-state index contributed by atoms with van der Waals surface area (Å²) < 4.78 is 43.1. The molecule has 21 heavy (non-hydrogen) atoms. The van der Waals surface area contributed by atoms with Crippen LogP contribution < -0.4 is 5.32 Å². The molecule has 2 fully saturated rings. The molecular weight excluding hydrogens is 287 g/mol. The van der Waals surface area contributed by atoms with Crippen molar-refractivity contribution in [3.05, 3.63) is 29.6 Å². The average Bonchev–Trinajstić information content (AvgIpc) is 2.46. The maximum atomic E-state index is 12.5. The van der Waals surface area contributed by atoms with Crippen LogP contribution in [0.3, 0.4) is 0 Å². The standard InChI is InChI=1S/C13H16F3N3O2/c14-13(15,16)9-1-2-11(18-5-9)12(20)8-19-4-3-17-6-10(19)7-21-12/h1-2,5,10,17,20H,3-4,6-8H2. The molecule has 0 aromatic carbocycles. The zero-order valence-corrected chi connectivity index (χ0v) is 11.2. The summed E-state index contributed by atoms with van der Waals surface area (Å²) in [4.78, 5) is 5.81. The Labute approximate surface area is 119 Å². The Bertz CT molecular complexity index is 508. The Balaban J connectivity index is 1.79. The van der Waals surface area contributed by atoms with Crippen LogP contribution >= 0.6 is 0 Å². The number of alkyl halides is 3. The maximum absolute atomic E-state index is 12.5. The zero-order chi connectivity index (χ0) is 15.1. The molecule has 0 spiro atoms. The van der Waals surface area contributed by atoms with Crippen molar-refractivity contribution in [2.24, 2.45) is 0 Å². The molecule has 1 aromatic heterocycles. The third-order valence-corrected chi connectivity index (χ3v) is 3.90. The van der Waals surface area contributed by atoms with Gasteiger partial charge in [0.1, 0.15) is 5.69 Å². The van der Waals surface area contributed by atoms with Crippen LogP contribution in [0.1, 0.15) is 11.3 Å². The van der Waals surface area contributed by atoms with E-state index in [-0.39, 0.29) is 18.3 Å². The van der Waals surface area contributed by atoms with Crippen LogP contribution in [0.15, 0.2) is 18.3 Å². The van der Waals surface area contributed by atoms with E-state index in [4.69, 9.17) is 4.74 Å². The third-order valence-electron chi connectivity index (χ3n) is 3.90. The van der Waals surface area contributed by atoms with E-state index in [0.717, 1.165) is 31.9 Å². The second kappa shape index (κ2) is 5.20. The highest BCUT2D eigenvalue weighted by Crippen LogP contribution is 2.32. The van der Waals surface area contributed by atoms with Crippen molar-refractivity contribution >= 4 is 0 Å². The van der Waals surface area contributed by atoms with Gasteiger partial charge in [-0.2, -0.15) is 13.2 Å². The second-order valence-corrected chi connectivity index (χ2v) is 5.35. The minimum Gasteiger partial charge on any atom is -0.360 e. The van der Waals surface area contributed by atoms with Gasteiger partial charge in [-0.25, -0.2) is 0 Å². The van der Waals surface area contributed by atoms with E-state index in [9.17, 15) is 18.3 Å². The minimum atomic E-state index is -4.44. The van der Waals surface area contributed by atoms with Crippen LogP contribution in [-0.2, 0) is 16.7 Å². The van der Waals surface area contributed by atoms with Crippen molar-refractivity contribution in [2.45, 2.75) is 18.0 Å². The molecule has 0 aliphatic carbocycles. The fourth-order valence-electron chi connectivity index (χ4n) is 2.68. The first-order valence-electron chi connectivity index (χ1n) is 6.73. The van der Waals surface area contributed by atoms with E-state index in [2.05, 4.69) is 15.2 Å². The van der Waals surface area contributed by atoms with Gasteiger partial charge in [0, 0.05) is 31.9 Å². The van der Waals surface area contributed by atoms with Crippen LogP contribution in [0.2, 0.25) is 0 Å². The number of morpholine rings is 1. The molecule has 2 aliphatic rings. The highest BCUT2D eigenvalue weighted by atomic mass is 19.4.